The summed E-state index contributed by atoms with van der Waals surface area (Å²) >= 11 is 0. The normalized spacial score (nSPS) is 16.2. The fraction of sp³-hybridized carbons (Fsp3) is 0.217. The molecule has 29 heavy (non-hydrogen) atoms. The topological polar surface area (TPSA) is 71.8 Å². The Balaban J connectivity index is 1.40. The maximum Gasteiger partial charge on any atom is 0.291 e. The van der Waals surface area contributed by atoms with E-state index in [4.69, 9.17) is 9.15 Å². The lowest BCUT2D eigenvalue weighted by Gasteiger charge is -2.26. The molecular weight excluding hydrogens is 368 g/mol. The molecule has 0 bridgehead atoms. The summed E-state index contributed by atoms with van der Waals surface area (Å²) in [4.78, 5) is 26.8. The molecule has 2 atom stereocenters. The van der Waals surface area contributed by atoms with Crippen LogP contribution in [0.3, 0.4) is 0 Å². The molecule has 148 valence electrons. The molecule has 4 rings (SSSR count). The maximum atomic E-state index is 13.0. The van der Waals surface area contributed by atoms with E-state index in [0.717, 1.165) is 12.1 Å². The molecule has 1 aromatic heterocycles. The van der Waals surface area contributed by atoms with Crippen LogP contribution in [0.25, 0.3) is 0 Å². The maximum absolute atomic E-state index is 13.0. The molecule has 1 N–H and O–H groups in total. The minimum absolute atomic E-state index is 0.0716. The second-order valence-electron chi connectivity index (χ2n) is 7.11. The van der Waals surface area contributed by atoms with Gasteiger partial charge in [-0.25, -0.2) is 0 Å². The van der Waals surface area contributed by atoms with Gasteiger partial charge in [-0.1, -0.05) is 18.2 Å². The molecule has 1 aliphatic heterocycles. The number of para-hydroxylation sites is 1. The van der Waals surface area contributed by atoms with Crippen LogP contribution in [0.2, 0.25) is 0 Å². The number of furan rings is 1. The number of carbonyl (C=O) groups excluding carboxylic acids is 2. The third-order valence-electron chi connectivity index (χ3n) is 4.96. The molecule has 2 aromatic carbocycles. The van der Waals surface area contributed by atoms with Crippen LogP contribution in [-0.4, -0.2) is 24.0 Å². The van der Waals surface area contributed by atoms with E-state index in [1.54, 1.807) is 43.3 Å². The molecule has 3 aromatic rings. The van der Waals surface area contributed by atoms with Crippen LogP contribution < -0.4 is 15.0 Å². The van der Waals surface area contributed by atoms with E-state index in [9.17, 15) is 9.59 Å². The van der Waals surface area contributed by atoms with Gasteiger partial charge in [-0.2, -0.15) is 0 Å². The summed E-state index contributed by atoms with van der Waals surface area (Å²) in [5.74, 6) is 0.401. The monoisotopic (exact) mass is 390 g/mol. The lowest BCUT2D eigenvalue weighted by atomic mass is 10.1. The summed E-state index contributed by atoms with van der Waals surface area (Å²) < 4.78 is 10.9. The second-order valence-corrected chi connectivity index (χ2v) is 7.11. The molecule has 0 radical (unpaired) electrons. The third kappa shape index (κ3) is 3.87. The van der Waals surface area contributed by atoms with Crippen LogP contribution in [0.5, 0.6) is 5.75 Å². The van der Waals surface area contributed by atoms with Crippen molar-refractivity contribution in [2.24, 2.45) is 0 Å². The SMILES string of the molecule is C[C@H](Oc1ccc(NC(=O)c2ccco2)cc1)C(=O)N1c2ccccc2C[C@@H]1C. The van der Waals surface area contributed by atoms with Crippen molar-refractivity contribution >= 4 is 23.2 Å². The van der Waals surface area contributed by atoms with Crippen molar-refractivity contribution in [1.29, 1.82) is 0 Å². The van der Waals surface area contributed by atoms with Gasteiger partial charge < -0.3 is 19.4 Å². The predicted octanol–water partition coefficient (Wildman–Crippen LogP) is 4.28. The number of benzene rings is 2. The standard InChI is InChI=1S/C23H22N2O4/c1-15-14-17-6-3-4-7-20(17)25(15)23(27)16(2)29-19-11-9-18(10-12-19)24-22(26)21-8-5-13-28-21/h3-13,15-16H,14H2,1-2H3,(H,24,26)/t15-,16-/m0/s1. The zero-order valence-electron chi connectivity index (χ0n) is 16.3. The molecule has 0 saturated heterocycles. The Hall–Kier alpha value is -3.54. The molecule has 6 heteroatoms. The molecular formula is C23H22N2O4. The summed E-state index contributed by atoms with van der Waals surface area (Å²) in [6.45, 7) is 3.80. The zero-order valence-corrected chi connectivity index (χ0v) is 16.3. The van der Waals surface area contributed by atoms with Crippen molar-refractivity contribution < 1.29 is 18.7 Å². The van der Waals surface area contributed by atoms with Gasteiger partial charge in [0.1, 0.15) is 5.75 Å². The highest BCUT2D eigenvalue weighted by Gasteiger charge is 2.33. The zero-order chi connectivity index (χ0) is 20.4. The summed E-state index contributed by atoms with van der Waals surface area (Å²) in [6.07, 6.45) is 1.66. The minimum atomic E-state index is -0.632. The van der Waals surface area contributed by atoms with Gasteiger partial charge >= 0.3 is 0 Å². The number of carbonyl (C=O) groups is 2. The van der Waals surface area contributed by atoms with E-state index >= 15 is 0 Å². The van der Waals surface area contributed by atoms with Crippen molar-refractivity contribution in [3.05, 3.63) is 78.3 Å². The summed E-state index contributed by atoms with van der Waals surface area (Å²) in [6, 6.07) is 18.2. The first kappa shape index (κ1) is 18.8. The first-order chi connectivity index (χ1) is 14.0. The number of nitrogens with zero attached hydrogens (tertiary/aromatic N) is 1. The Morgan fingerprint density at radius 2 is 1.86 bits per heavy atom. The number of rotatable bonds is 5. The summed E-state index contributed by atoms with van der Waals surface area (Å²) in [5, 5.41) is 2.75. The van der Waals surface area contributed by atoms with E-state index in [0.29, 0.717) is 11.4 Å². The second kappa shape index (κ2) is 7.83. The number of anilines is 2. The van der Waals surface area contributed by atoms with Crippen LogP contribution >= 0.6 is 0 Å². The summed E-state index contributed by atoms with van der Waals surface area (Å²) in [7, 11) is 0. The number of hydrogen-bond acceptors (Lipinski definition) is 4. The van der Waals surface area contributed by atoms with Gasteiger partial charge in [0.05, 0.1) is 6.26 Å². The molecule has 2 amide bonds. The lowest BCUT2D eigenvalue weighted by Crippen LogP contribution is -2.43. The van der Waals surface area contributed by atoms with E-state index in [1.165, 1.54) is 11.8 Å². The molecule has 0 aliphatic carbocycles. The van der Waals surface area contributed by atoms with Gasteiger partial charge in [0.15, 0.2) is 11.9 Å². The van der Waals surface area contributed by atoms with E-state index < -0.39 is 6.10 Å². The Labute approximate surface area is 169 Å². The molecule has 0 fully saturated rings. The Kier molecular flexibility index (Phi) is 5.08. The number of hydrogen-bond donors (Lipinski definition) is 1. The van der Waals surface area contributed by atoms with Crippen molar-refractivity contribution in [2.75, 3.05) is 10.2 Å². The highest BCUT2D eigenvalue weighted by atomic mass is 16.5. The highest BCUT2D eigenvalue weighted by molar-refractivity contribution is 6.02. The smallest absolute Gasteiger partial charge is 0.291 e. The van der Waals surface area contributed by atoms with E-state index in [-0.39, 0.29) is 23.6 Å². The van der Waals surface area contributed by atoms with Crippen molar-refractivity contribution in [3.8, 4) is 5.75 Å². The molecule has 6 nitrogen and oxygen atoms in total. The van der Waals surface area contributed by atoms with Crippen molar-refractivity contribution in [2.45, 2.75) is 32.4 Å². The van der Waals surface area contributed by atoms with Crippen LogP contribution in [-0.2, 0) is 11.2 Å². The van der Waals surface area contributed by atoms with Gasteiger partial charge in [0, 0.05) is 17.4 Å². The fourth-order valence-corrected chi connectivity index (χ4v) is 3.57. The van der Waals surface area contributed by atoms with Crippen LogP contribution in [0, 0.1) is 0 Å². The molecule has 0 unspecified atom stereocenters. The number of amides is 2. The van der Waals surface area contributed by atoms with Crippen LogP contribution in [0.15, 0.2) is 71.3 Å². The predicted molar refractivity (Wildman–Crippen MR) is 110 cm³/mol. The quantitative estimate of drug-likeness (QED) is 0.706. The number of nitrogens with one attached hydrogen (secondary N) is 1. The first-order valence-electron chi connectivity index (χ1n) is 9.55. The van der Waals surface area contributed by atoms with Crippen LogP contribution in [0.1, 0.15) is 30.0 Å². The van der Waals surface area contributed by atoms with Gasteiger partial charge in [0.25, 0.3) is 11.8 Å². The summed E-state index contributed by atoms with van der Waals surface area (Å²) in [5.41, 5.74) is 2.74. The van der Waals surface area contributed by atoms with Crippen molar-refractivity contribution in [3.63, 3.8) is 0 Å². The van der Waals surface area contributed by atoms with Gasteiger partial charge in [0.2, 0.25) is 0 Å². The third-order valence-corrected chi connectivity index (χ3v) is 4.96. The van der Waals surface area contributed by atoms with E-state index in [2.05, 4.69) is 11.4 Å². The van der Waals surface area contributed by atoms with E-state index in [1.807, 2.05) is 30.0 Å². The average molecular weight is 390 g/mol. The minimum Gasteiger partial charge on any atom is -0.481 e. The number of fused-ring (bicyclic) bond motifs is 1. The van der Waals surface area contributed by atoms with Crippen molar-refractivity contribution in [1.82, 2.24) is 0 Å². The van der Waals surface area contributed by atoms with Crippen LogP contribution in [0.4, 0.5) is 11.4 Å². The Morgan fingerprint density at radius 1 is 1.10 bits per heavy atom. The average Bonchev–Trinajstić information content (AvgIpc) is 3.36. The molecule has 0 spiro atoms. The largest absolute Gasteiger partial charge is 0.481 e. The van der Waals surface area contributed by atoms with Gasteiger partial charge in [-0.3, -0.25) is 9.59 Å². The first-order valence-corrected chi connectivity index (χ1v) is 9.55. The van der Waals surface area contributed by atoms with Gasteiger partial charge in [-0.15, -0.1) is 0 Å². The Morgan fingerprint density at radius 3 is 2.59 bits per heavy atom. The fourth-order valence-electron chi connectivity index (χ4n) is 3.57. The van der Waals surface area contributed by atoms with Gasteiger partial charge in [-0.05, 0) is 68.3 Å². The highest BCUT2D eigenvalue weighted by Crippen LogP contribution is 2.32. The number of ether oxygens (including phenoxy) is 1. The molecule has 1 aliphatic rings. The molecule has 2 heterocycles. The lowest BCUT2D eigenvalue weighted by molar-refractivity contribution is -0.124. The molecule has 0 saturated carbocycles. The Bertz CT molecular complexity index is 1010.